The summed E-state index contributed by atoms with van der Waals surface area (Å²) in [6, 6.07) is 11.1. The zero-order chi connectivity index (χ0) is 16.0. The maximum absolute atomic E-state index is 11.3. The Kier molecular flexibility index (Phi) is 6.41. The van der Waals surface area contributed by atoms with Gasteiger partial charge in [0.25, 0.3) is 0 Å². The van der Waals surface area contributed by atoms with Gasteiger partial charge in [-0.25, -0.2) is 8.42 Å². The van der Waals surface area contributed by atoms with E-state index in [1.807, 2.05) is 0 Å². The minimum Gasteiger partial charge on any atom is -0.298 e. The predicted molar refractivity (Wildman–Crippen MR) is 91.7 cm³/mol. The van der Waals surface area contributed by atoms with Crippen molar-refractivity contribution in [3.8, 4) is 0 Å². The van der Waals surface area contributed by atoms with Crippen molar-refractivity contribution >= 4 is 9.84 Å². The lowest BCUT2D eigenvalue weighted by Crippen LogP contribution is -2.52. The molecule has 0 N–H and O–H groups in total. The molecule has 4 nitrogen and oxygen atoms in total. The van der Waals surface area contributed by atoms with Gasteiger partial charge in [0.1, 0.15) is 9.84 Å². The fraction of sp³-hybridized carbons (Fsp3) is 0.647. The Morgan fingerprint density at radius 3 is 2.55 bits per heavy atom. The Morgan fingerprint density at radius 1 is 1.18 bits per heavy atom. The normalized spacial score (nSPS) is 21.1. The van der Waals surface area contributed by atoms with E-state index >= 15 is 0 Å². The number of nitrogens with zero attached hydrogens (tertiary/aromatic N) is 2. The lowest BCUT2D eigenvalue weighted by Gasteiger charge is -2.41. The monoisotopic (exact) mass is 324 g/mol. The van der Waals surface area contributed by atoms with Gasteiger partial charge < -0.3 is 0 Å². The highest BCUT2D eigenvalue weighted by Gasteiger charge is 2.25. The molecule has 0 bridgehead atoms. The molecule has 2 rings (SSSR count). The van der Waals surface area contributed by atoms with Gasteiger partial charge in [-0.3, -0.25) is 9.80 Å². The van der Waals surface area contributed by atoms with Crippen molar-refractivity contribution in [3.63, 3.8) is 0 Å². The highest BCUT2D eigenvalue weighted by atomic mass is 32.2. The third kappa shape index (κ3) is 5.71. The van der Waals surface area contributed by atoms with E-state index in [-0.39, 0.29) is 0 Å². The first-order chi connectivity index (χ1) is 10.5. The third-order valence-corrected chi connectivity index (χ3v) is 5.40. The quantitative estimate of drug-likeness (QED) is 0.769. The van der Waals surface area contributed by atoms with Gasteiger partial charge in [0.15, 0.2) is 0 Å². The van der Waals surface area contributed by atoms with E-state index in [4.69, 9.17) is 0 Å². The molecule has 1 aliphatic heterocycles. The van der Waals surface area contributed by atoms with Gasteiger partial charge in [0, 0.05) is 38.5 Å². The molecule has 1 aliphatic rings. The maximum Gasteiger partial charge on any atom is 0.147 e. The molecule has 1 heterocycles. The van der Waals surface area contributed by atoms with Crippen LogP contribution >= 0.6 is 0 Å². The summed E-state index contributed by atoms with van der Waals surface area (Å²) in [6.45, 7) is 7.29. The van der Waals surface area contributed by atoms with Crippen LogP contribution in [0.1, 0.15) is 25.3 Å². The Morgan fingerprint density at radius 2 is 1.91 bits per heavy atom. The van der Waals surface area contributed by atoms with Crippen LogP contribution in [-0.2, 0) is 16.4 Å². The summed E-state index contributed by atoms with van der Waals surface area (Å²) in [4.78, 5) is 4.98. The zero-order valence-electron chi connectivity index (χ0n) is 13.7. The second-order valence-corrected chi connectivity index (χ2v) is 8.56. The summed E-state index contributed by atoms with van der Waals surface area (Å²) < 4.78 is 22.5. The summed E-state index contributed by atoms with van der Waals surface area (Å²) in [5.41, 5.74) is 1.36. The SMILES string of the molecule is CCC1CN(Cc2ccccc2)CCN1CCCS(C)(=O)=O. The van der Waals surface area contributed by atoms with E-state index in [1.165, 1.54) is 11.8 Å². The van der Waals surface area contributed by atoms with Crippen LogP contribution in [0.5, 0.6) is 0 Å². The van der Waals surface area contributed by atoms with Crippen LogP contribution in [0.25, 0.3) is 0 Å². The summed E-state index contributed by atoms with van der Waals surface area (Å²) in [7, 11) is -2.84. The van der Waals surface area contributed by atoms with Crippen molar-refractivity contribution in [2.24, 2.45) is 0 Å². The van der Waals surface area contributed by atoms with Crippen molar-refractivity contribution in [1.82, 2.24) is 9.80 Å². The molecule has 5 heteroatoms. The summed E-state index contributed by atoms with van der Waals surface area (Å²) in [5.74, 6) is 0.299. The number of sulfone groups is 1. The zero-order valence-corrected chi connectivity index (χ0v) is 14.6. The van der Waals surface area contributed by atoms with E-state index < -0.39 is 9.84 Å². The van der Waals surface area contributed by atoms with E-state index in [1.54, 1.807) is 0 Å². The number of rotatable bonds is 7. The molecule has 0 aromatic heterocycles. The first-order valence-electron chi connectivity index (χ1n) is 8.16. The average Bonchev–Trinajstić information content (AvgIpc) is 2.48. The first-order valence-corrected chi connectivity index (χ1v) is 10.2. The molecule has 0 aliphatic carbocycles. The number of benzene rings is 1. The molecule has 22 heavy (non-hydrogen) atoms. The first kappa shape index (κ1) is 17.4. The molecule has 0 saturated carbocycles. The van der Waals surface area contributed by atoms with Crippen LogP contribution < -0.4 is 0 Å². The van der Waals surface area contributed by atoms with Gasteiger partial charge in [-0.1, -0.05) is 37.3 Å². The van der Waals surface area contributed by atoms with E-state index in [0.717, 1.165) is 45.6 Å². The fourth-order valence-electron chi connectivity index (χ4n) is 3.15. The van der Waals surface area contributed by atoms with Gasteiger partial charge in [0.2, 0.25) is 0 Å². The van der Waals surface area contributed by atoms with Crippen LogP contribution in [0, 0.1) is 0 Å². The highest BCUT2D eigenvalue weighted by molar-refractivity contribution is 7.90. The summed E-state index contributed by atoms with van der Waals surface area (Å²) in [5, 5.41) is 0. The molecule has 0 amide bonds. The van der Waals surface area contributed by atoms with Crippen LogP contribution in [0.2, 0.25) is 0 Å². The molecular formula is C17H28N2O2S. The minimum atomic E-state index is -2.84. The molecular weight excluding hydrogens is 296 g/mol. The van der Waals surface area contributed by atoms with Crippen molar-refractivity contribution in [1.29, 1.82) is 0 Å². The lowest BCUT2D eigenvalue weighted by atomic mass is 10.1. The van der Waals surface area contributed by atoms with Gasteiger partial charge in [-0.05, 0) is 24.9 Å². The van der Waals surface area contributed by atoms with Crippen molar-refractivity contribution in [3.05, 3.63) is 35.9 Å². The van der Waals surface area contributed by atoms with E-state index in [0.29, 0.717) is 11.8 Å². The predicted octanol–water partition coefficient (Wildman–Crippen LogP) is 2.02. The fourth-order valence-corrected chi connectivity index (χ4v) is 3.81. The second kappa shape index (κ2) is 8.09. The van der Waals surface area contributed by atoms with Crippen LogP contribution in [0.15, 0.2) is 30.3 Å². The smallest absolute Gasteiger partial charge is 0.147 e. The highest BCUT2D eigenvalue weighted by Crippen LogP contribution is 2.16. The van der Waals surface area contributed by atoms with Gasteiger partial charge >= 0.3 is 0 Å². The van der Waals surface area contributed by atoms with Crippen LogP contribution in [-0.4, -0.2) is 62.4 Å². The average molecular weight is 324 g/mol. The largest absolute Gasteiger partial charge is 0.298 e. The van der Waals surface area contributed by atoms with E-state index in [9.17, 15) is 8.42 Å². The Hall–Kier alpha value is -0.910. The number of hydrogen-bond acceptors (Lipinski definition) is 4. The molecule has 0 spiro atoms. The van der Waals surface area contributed by atoms with Gasteiger partial charge in [-0.15, -0.1) is 0 Å². The standard InChI is InChI=1S/C17H28N2O2S/c1-3-17-15-18(14-16-8-5-4-6-9-16)11-12-19(17)10-7-13-22(2,20)21/h4-6,8-9,17H,3,7,10-15H2,1-2H3. The van der Waals surface area contributed by atoms with Gasteiger partial charge in [0.05, 0.1) is 5.75 Å². The van der Waals surface area contributed by atoms with Crippen LogP contribution in [0.4, 0.5) is 0 Å². The Bertz CT molecular complexity index is 545. The van der Waals surface area contributed by atoms with Gasteiger partial charge in [-0.2, -0.15) is 0 Å². The van der Waals surface area contributed by atoms with Crippen molar-refractivity contribution < 1.29 is 8.42 Å². The molecule has 124 valence electrons. The summed E-state index contributed by atoms with van der Waals surface area (Å²) >= 11 is 0. The van der Waals surface area contributed by atoms with Crippen molar-refractivity contribution in [2.75, 3.05) is 38.2 Å². The molecule has 1 unspecified atom stereocenters. The molecule has 1 fully saturated rings. The Labute approximate surface area is 135 Å². The van der Waals surface area contributed by atoms with Crippen LogP contribution in [0.3, 0.4) is 0 Å². The molecule has 1 atom stereocenters. The second-order valence-electron chi connectivity index (χ2n) is 6.30. The molecule has 1 saturated heterocycles. The third-order valence-electron chi connectivity index (χ3n) is 4.37. The number of hydrogen-bond donors (Lipinski definition) is 0. The molecule has 1 aromatic carbocycles. The van der Waals surface area contributed by atoms with Crippen molar-refractivity contribution in [2.45, 2.75) is 32.4 Å². The Balaban J connectivity index is 1.83. The number of piperazine rings is 1. The topological polar surface area (TPSA) is 40.6 Å². The molecule has 1 aromatic rings. The summed E-state index contributed by atoms with van der Waals surface area (Å²) in [6.07, 6.45) is 3.18. The maximum atomic E-state index is 11.3. The molecule has 0 radical (unpaired) electrons. The lowest BCUT2D eigenvalue weighted by molar-refractivity contribution is 0.0680. The van der Waals surface area contributed by atoms with E-state index in [2.05, 4.69) is 47.1 Å². The minimum absolute atomic E-state index is 0.299.